The molecule has 0 saturated carbocycles. The van der Waals surface area contributed by atoms with E-state index >= 15 is 0 Å². The Balaban J connectivity index is 0.000000804. The van der Waals surface area contributed by atoms with Crippen LogP contribution in [0.25, 0.3) is 0 Å². The van der Waals surface area contributed by atoms with E-state index in [9.17, 15) is 12.9 Å². The van der Waals surface area contributed by atoms with Crippen LogP contribution in [0.2, 0.25) is 0 Å². The van der Waals surface area contributed by atoms with Crippen LogP contribution in [0.3, 0.4) is 0 Å². The van der Waals surface area contributed by atoms with Crippen LogP contribution in [0.1, 0.15) is 45.7 Å². The molecule has 2 nitrogen and oxygen atoms in total. The number of likely N-dealkylation sites (N-methyl/N-ethyl adjacent to an activating group) is 1. The molecule has 2 aromatic rings. The van der Waals surface area contributed by atoms with Crippen LogP contribution in [-0.4, -0.2) is 31.9 Å². The Morgan fingerprint density at radius 2 is 1.46 bits per heavy atom. The summed E-state index contributed by atoms with van der Waals surface area (Å²) >= 11 is 0. The highest BCUT2D eigenvalue weighted by atomic mass is 19.4. The minimum atomic E-state index is -3.67. The Hall–Kier alpha value is -3.09. The molecule has 2 heterocycles. The number of para-hydroxylation sites is 2. The van der Waals surface area contributed by atoms with Crippen molar-refractivity contribution in [3.05, 3.63) is 95.2 Å². The highest BCUT2D eigenvalue weighted by Gasteiger charge is 2.42. The second kappa shape index (κ2) is 10.7. The Labute approximate surface area is 206 Å². The molecule has 186 valence electrons. The number of anilines is 1. The van der Waals surface area contributed by atoms with E-state index < -0.39 is 7.54 Å². The molecule has 4 rings (SSSR count). The molecular weight excluding hydrogens is 451 g/mol. The molecule has 0 N–H and O–H groups in total. The number of benzene rings is 2. The highest BCUT2D eigenvalue weighted by molar-refractivity contribution is 6.33. The topological polar surface area (TPSA) is 6.25 Å². The molecule has 2 aliphatic heterocycles. The molecule has 35 heavy (non-hydrogen) atoms. The van der Waals surface area contributed by atoms with Crippen molar-refractivity contribution in [1.82, 2.24) is 0 Å². The molecule has 0 saturated heterocycles. The third-order valence-electron chi connectivity index (χ3n) is 6.89. The summed E-state index contributed by atoms with van der Waals surface area (Å²) in [4.78, 5) is 2.32. The molecule has 0 fully saturated rings. The van der Waals surface area contributed by atoms with Crippen LogP contribution in [0, 0.1) is 0 Å². The SMILES string of the molecule is CC(C=CC1=[N+](C)c2ccccc2C1(C)C)=CC=C1N(C)c2ccccc2C1(C)C.FB(F)F.[F-]. The zero-order valence-corrected chi connectivity index (χ0v) is 21.4. The van der Waals surface area contributed by atoms with Crippen molar-refractivity contribution in [1.29, 1.82) is 0 Å². The van der Waals surface area contributed by atoms with Gasteiger partial charge in [0, 0.05) is 41.6 Å². The van der Waals surface area contributed by atoms with Gasteiger partial charge in [0.1, 0.15) is 7.05 Å². The van der Waals surface area contributed by atoms with Crippen molar-refractivity contribution in [2.45, 2.75) is 45.4 Å². The summed E-state index contributed by atoms with van der Waals surface area (Å²) in [6, 6.07) is 17.4. The van der Waals surface area contributed by atoms with Gasteiger partial charge in [-0.3, -0.25) is 12.9 Å². The Morgan fingerprint density at radius 1 is 0.914 bits per heavy atom. The van der Waals surface area contributed by atoms with Gasteiger partial charge in [0.2, 0.25) is 5.69 Å². The quantitative estimate of drug-likeness (QED) is 0.271. The first-order valence-corrected chi connectivity index (χ1v) is 11.4. The average Bonchev–Trinajstić information content (AvgIpc) is 3.09. The Kier molecular flexibility index (Phi) is 8.58. The molecule has 0 radical (unpaired) electrons. The Bertz CT molecular complexity index is 1190. The summed E-state index contributed by atoms with van der Waals surface area (Å²) in [5.41, 5.74) is 9.31. The largest absolute Gasteiger partial charge is 1.00 e. The standard InChI is InChI=1S/C28H33N2.BF3.FH/c1-20(16-18-25-27(2,3)21-12-8-10-14-23(21)29(25)6)17-19-26-28(4,5)22-13-9-11-15-24(22)30(26)7;2-1(3)4;/h8-19H,1-7H3;;1H/q+1;;/p-1. The van der Waals surface area contributed by atoms with Gasteiger partial charge in [0.05, 0.1) is 5.41 Å². The van der Waals surface area contributed by atoms with Crippen LogP contribution in [0.15, 0.2) is 84.1 Å². The number of hydrogen-bond donors (Lipinski definition) is 0. The van der Waals surface area contributed by atoms with Gasteiger partial charge in [-0.25, -0.2) is 0 Å². The maximum atomic E-state index is 9.67. The second-order valence-electron chi connectivity index (χ2n) is 9.83. The molecule has 0 atom stereocenters. The van der Waals surface area contributed by atoms with Gasteiger partial charge in [-0.2, -0.15) is 4.58 Å². The summed E-state index contributed by atoms with van der Waals surface area (Å²) in [6.07, 6.45) is 9.04. The molecule has 7 heteroatoms. The van der Waals surface area contributed by atoms with E-state index in [0.717, 1.165) is 0 Å². The molecule has 2 aliphatic rings. The molecule has 0 amide bonds. The molecule has 0 bridgehead atoms. The lowest BCUT2D eigenvalue weighted by Crippen LogP contribution is -3.00. The fourth-order valence-electron chi connectivity index (χ4n) is 5.08. The fraction of sp³-hybridized carbons (Fsp3) is 0.321. The van der Waals surface area contributed by atoms with Crippen molar-refractivity contribution in [3.8, 4) is 0 Å². The first-order valence-electron chi connectivity index (χ1n) is 11.4. The number of fused-ring (bicyclic) bond motifs is 2. The van der Waals surface area contributed by atoms with Gasteiger partial charge in [-0.1, -0.05) is 68.0 Å². The van der Waals surface area contributed by atoms with E-state index in [4.69, 9.17) is 0 Å². The first kappa shape index (κ1) is 28.2. The van der Waals surface area contributed by atoms with E-state index in [2.05, 4.69) is 131 Å². The van der Waals surface area contributed by atoms with Crippen molar-refractivity contribution >= 4 is 24.6 Å². The molecule has 0 aliphatic carbocycles. The zero-order chi connectivity index (χ0) is 25.3. The van der Waals surface area contributed by atoms with Crippen LogP contribution in [0.4, 0.5) is 24.3 Å². The van der Waals surface area contributed by atoms with Crippen LogP contribution < -0.4 is 9.60 Å². The van der Waals surface area contributed by atoms with Gasteiger partial charge in [0.25, 0.3) is 0 Å². The van der Waals surface area contributed by atoms with E-state index in [0.29, 0.717) is 0 Å². The first-order chi connectivity index (χ1) is 15.9. The third-order valence-corrected chi connectivity index (χ3v) is 6.89. The summed E-state index contributed by atoms with van der Waals surface area (Å²) in [7, 11) is 0.670. The van der Waals surface area contributed by atoms with E-state index in [1.165, 1.54) is 39.5 Å². The molecule has 0 spiro atoms. The number of nitrogens with zero attached hydrogens (tertiary/aromatic N) is 2. The van der Waals surface area contributed by atoms with Crippen LogP contribution in [0.5, 0.6) is 0 Å². The lowest BCUT2D eigenvalue weighted by atomic mass is 9.81. The minimum Gasteiger partial charge on any atom is -1.00 e. The fourth-order valence-corrected chi connectivity index (χ4v) is 5.08. The maximum absolute atomic E-state index is 9.67. The lowest BCUT2D eigenvalue weighted by Gasteiger charge is -2.23. The molecule has 0 aromatic heterocycles. The average molecular weight is 484 g/mol. The van der Waals surface area contributed by atoms with E-state index in [-0.39, 0.29) is 15.5 Å². The number of hydrogen-bond acceptors (Lipinski definition) is 1. The lowest BCUT2D eigenvalue weighted by molar-refractivity contribution is -0.401. The predicted molar refractivity (Wildman–Crippen MR) is 138 cm³/mol. The van der Waals surface area contributed by atoms with Gasteiger partial charge in [0.15, 0.2) is 5.71 Å². The summed E-state index contributed by atoms with van der Waals surface area (Å²) < 4.78 is 31.3. The zero-order valence-electron chi connectivity index (χ0n) is 21.4. The van der Waals surface area contributed by atoms with Crippen molar-refractivity contribution < 1.29 is 22.2 Å². The van der Waals surface area contributed by atoms with E-state index in [1.807, 2.05) is 0 Å². The monoisotopic (exact) mass is 484 g/mol. The summed E-state index contributed by atoms with van der Waals surface area (Å²) in [6.45, 7) is 11.4. The van der Waals surface area contributed by atoms with Crippen molar-refractivity contribution in [2.75, 3.05) is 19.0 Å². The van der Waals surface area contributed by atoms with E-state index in [1.54, 1.807) is 0 Å². The molecular formula is C28H33BF4N2. The molecule has 2 aromatic carbocycles. The minimum absolute atomic E-state index is 0. The van der Waals surface area contributed by atoms with Crippen LogP contribution in [-0.2, 0) is 10.8 Å². The molecule has 0 unspecified atom stereocenters. The van der Waals surface area contributed by atoms with Crippen molar-refractivity contribution in [2.24, 2.45) is 0 Å². The second-order valence-corrected chi connectivity index (χ2v) is 9.83. The number of allylic oxidation sites excluding steroid dienone is 6. The van der Waals surface area contributed by atoms with Crippen molar-refractivity contribution in [3.63, 3.8) is 0 Å². The van der Waals surface area contributed by atoms with Gasteiger partial charge >= 0.3 is 7.54 Å². The highest BCUT2D eigenvalue weighted by Crippen LogP contribution is 2.46. The number of rotatable bonds is 3. The smallest absolute Gasteiger partial charge is 0.762 e. The van der Waals surface area contributed by atoms with Gasteiger partial charge in [-0.15, -0.1) is 0 Å². The van der Waals surface area contributed by atoms with Gasteiger partial charge < -0.3 is 9.60 Å². The Morgan fingerprint density at radius 3 is 2.03 bits per heavy atom. The predicted octanol–water partition coefficient (Wildman–Crippen LogP) is 4.39. The summed E-state index contributed by atoms with van der Waals surface area (Å²) in [5.74, 6) is 0. The maximum Gasteiger partial charge on any atom is 0.762 e. The number of halogens is 4. The summed E-state index contributed by atoms with van der Waals surface area (Å²) in [5, 5.41) is 0. The van der Waals surface area contributed by atoms with Crippen LogP contribution >= 0.6 is 0 Å². The normalized spacial score (nSPS) is 18.7. The third kappa shape index (κ3) is 5.44. The van der Waals surface area contributed by atoms with Gasteiger partial charge in [-0.05, 0) is 38.5 Å².